The molecule has 2 rings (SSSR count). The summed E-state index contributed by atoms with van der Waals surface area (Å²) in [4.78, 5) is 4.75. The molecule has 2 atom stereocenters. The lowest BCUT2D eigenvalue weighted by molar-refractivity contribution is 0.0128. The summed E-state index contributed by atoms with van der Waals surface area (Å²) in [7, 11) is 4.39. The Labute approximate surface area is 216 Å². The molecule has 202 valence electrons. The fourth-order valence-corrected chi connectivity index (χ4v) is 4.71. The summed E-state index contributed by atoms with van der Waals surface area (Å²) in [6, 6.07) is 8.25. The summed E-state index contributed by atoms with van der Waals surface area (Å²) >= 11 is 0. The largest absolute Gasteiger partial charge is 0.475 e. The highest BCUT2D eigenvalue weighted by atomic mass is 16.5. The summed E-state index contributed by atoms with van der Waals surface area (Å²) in [5.41, 5.74) is 0. The molecule has 1 heterocycles. The normalized spacial score (nSPS) is 19.8. The first-order chi connectivity index (χ1) is 17.1. The maximum Gasteiger partial charge on any atom is 0.152 e. The summed E-state index contributed by atoms with van der Waals surface area (Å²) in [6.07, 6.45) is 17.0. The summed E-state index contributed by atoms with van der Waals surface area (Å²) in [6.45, 7) is 8.26. The molecule has 0 N–H and O–H groups in total. The van der Waals surface area contributed by atoms with Gasteiger partial charge in [-0.15, -0.1) is 0 Å². The van der Waals surface area contributed by atoms with Gasteiger partial charge in [0.15, 0.2) is 12.5 Å². The van der Waals surface area contributed by atoms with Gasteiger partial charge >= 0.3 is 0 Å². The van der Waals surface area contributed by atoms with E-state index in [9.17, 15) is 0 Å². The van der Waals surface area contributed by atoms with Crippen LogP contribution in [0.4, 0.5) is 0 Å². The number of nitrogens with zero attached hydrogens (tertiary/aromatic N) is 2. The second-order valence-electron chi connectivity index (χ2n) is 10.3. The molecule has 2 unspecified atom stereocenters. The van der Waals surface area contributed by atoms with Crippen molar-refractivity contribution in [3.63, 3.8) is 0 Å². The molecule has 1 aromatic carbocycles. The molecule has 0 spiro atoms. The molecule has 35 heavy (non-hydrogen) atoms. The summed E-state index contributed by atoms with van der Waals surface area (Å²) in [5.74, 6) is 1.79. The SMILES string of the molecule is CCCCCCCN(C)C1CCCOCCCC(N(C)CCCCCCC)Oc2cccc(c2)O1. The number of ether oxygens (including phenoxy) is 3. The lowest BCUT2D eigenvalue weighted by Gasteiger charge is -2.31. The van der Waals surface area contributed by atoms with E-state index in [4.69, 9.17) is 14.2 Å². The third-order valence-corrected chi connectivity index (χ3v) is 7.04. The Morgan fingerprint density at radius 1 is 0.686 bits per heavy atom. The first kappa shape index (κ1) is 29.9. The third kappa shape index (κ3) is 13.0. The van der Waals surface area contributed by atoms with Gasteiger partial charge < -0.3 is 14.2 Å². The number of unbranched alkanes of at least 4 members (excludes halogenated alkanes) is 8. The van der Waals surface area contributed by atoms with Gasteiger partial charge in [0, 0.05) is 45.2 Å². The quantitative estimate of drug-likeness (QED) is 0.252. The second kappa shape index (κ2) is 18.9. The number of benzene rings is 1. The third-order valence-electron chi connectivity index (χ3n) is 7.04. The van der Waals surface area contributed by atoms with Gasteiger partial charge in [-0.05, 0) is 51.9 Å². The van der Waals surface area contributed by atoms with Crippen molar-refractivity contribution < 1.29 is 14.2 Å². The number of fused-ring (bicyclic) bond motifs is 2. The molecule has 0 aromatic heterocycles. The van der Waals surface area contributed by atoms with Crippen molar-refractivity contribution >= 4 is 0 Å². The van der Waals surface area contributed by atoms with Crippen molar-refractivity contribution in [3.8, 4) is 11.5 Å². The van der Waals surface area contributed by atoms with Crippen LogP contribution in [0.25, 0.3) is 0 Å². The molecular formula is C30H54N2O3. The van der Waals surface area contributed by atoms with Crippen LogP contribution < -0.4 is 9.47 Å². The van der Waals surface area contributed by atoms with Crippen molar-refractivity contribution in [3.05, 3.63) is 24.3 Å². The fraction of sp³-hybridized carbons (Fsp3) is 0.800. The van der Waals surface area contributed by atoms with Crippen molar-refractivity contribution in [2.24, 2.45) is 0 Å². The smallest absolute Gasteiger partial charge is 0.152 e. The maximum absolute atomic E-state index is 6.51. The van der Waals surface area contributed by atoms with Crippen LogP contribution in [-0.2, 0) is 4.74 Å². The van der Waals surface area contributed by atoms with Crippen LogP contribution in [0.3, 0.4) is 0 Å². The van der Waals surface area contributed by atoms with Gasteiger partial charge in [-0.25, -0.2) is 0 Å². The molecule has 1 aromatic rings. The van der Waals surface area contributed by atoms with Crippen molar-refractivity contribution in [1.29, 1.82) is 0 Å². The van der Waals surface area contributed by atoms with Gasteiger partial charge in [0.05, 0.1) is 0 Å². The molecule has 5 nitrogen and oxygen atoms in total. The highest BCUT2D eigenvalue weighted by molar-refractivity contribution is 5.33. The van der Waals surface area contributed by atoms with E-state index >= 15 is 0 Å². The minimum atomic E-state index is 0.0598. The monoisotopic (exact) mass is 490 g/mol. The molecule has 0 aliphatic carbocycles. The average molecular weight is 491 g/mol. The molecule has 0 amide bonds. The predicted octanol–water partition coefficient (Wildman–Crippen LogP) is 7.49. The zero-order chi connectivity index (χ0) is 25.1. The molecule has 1 aliphatic heterocycles. The van der Waals surface area contributed by atoms with Crippen LogP contribution in [-0.4, -0.2) is 62.7 Å². The van der Waals surface area contributed by atoms with E-state index in [1.165, 1.54) is 64.2 Å². The van der Waals surface area contributed by atoms with Gasteiger partial charge in [0.1, 0.15) is 11.5 Å². The van der Waals surface area contributed by atoms with Crippen LogP contribution in [0, 0.1) is 0 Å². The molecule has 0 saturated heterocycles. The van der Waals surface area contributed by atoms with E-state index in [1.807, 2.05) is 0 Å². The van der Waals surface area contributed by atoms with E-state index in [0.717, 1.165) is 63.5 Å². The molecule has 0 fully saturated rings. The molecule has 5 heteroatoms. The van der Waals surface area contributed by atoms with Gasteiger partial charge in [-0.2, -0.15) is 0 Å². The fourth-order valence-electron chi connectivity index (χ4n) is 4.71. The van der Waals surface area contributed by atoms with Gasteiger partial charge in [-0.3, -0.25) is 9.80 Å². The highest BCUT2D eigenvalue weighted by Gasteiger charge is 2.19. The number of hydrogen-bond acceptors (Lipinski definition) is 5. The lowest BCUT2D eigenvalue weighted by Crippen LogP contribution is -2.38. The topological polar surface area (TPSA) is 34.2 Å². The van der Waals surface area contributed by atoms with E-state index in [1.54, 1.807) is 0 Å². The Bertz CT molecular complexity index is 593. The van der Waals surface area contributed by atoms with Crippen LogP contribution in [0.2, 0.25) is 0 Å². The average Bonchev–Trinajstić information content (AvgIpc) is 2.86. The van der Waals surface area contributed by atoms with Crippen molar-refractivity contribution in [2.75, 3.05) is 40.4 Å². The van der Waals surface area contributed by atoms with Gasteiger partial charge in [0.25, 0.3) is 0 Å². The Kier molecular flexibility index (Phi) is 16.2. The number of hydrogen-bond donors (Lipinski definition) is 0. The Morgan fingerprint density at radius 3 is 1.60 bits per heavy atom. The molecule has 0 saturated carbocycles. The molecule has 0 radical (unpaired) electrons. The second-order valence-corrected chi connectivity index (χ2v) is 10.3. The first-order valence-corrected chi connectivity index (χ1v) is 14.6. The van der Waals surface area contributed by atoms with Crippen LogP contribution in [0.15, 0.2) is 24.3 Å². The van der Waals surface area contributed by atoms with E-state index in [-0.39, 0.29) is 12.5 Å². The van der Waals surface area contributed by atoms with Gasteiger partial charge in [0.2, 0.25) is 0 Å². The number of rotatable bonds is 14. The zero-order valence-electron chi connectivity index (χ0n) is 23.3. The minimum Gasteiger partial charge on any atom is -0.475 e. The van der Waals surface area contributed by atoms with Crippen molar-refractivity contribution in [2.45, 2.75) is 116 Å². The molecule has 2 bridgehead atoms. The highest BCUT2D eigenvalue weighted by Crippen LogP contribution is 2.25. The van der Waals surface area contributed by atoms with Crippen LogP contribution >= 0.6 is 0 Å². The summed E-state index contributed by atoms with van der Waals surface area (Å²) in [5, 5.41) is 0. The lowest BCUT2D eigenvalue weighted by atomic mass is 10.1. The zero-order valence-corrected chi connectivity index (χ0v) is 23.3. The van der Waals surface area contributed by atoms with E-state index in [2.05, 4.69) is 62.0 Å². The van der Waals surface area contributed by atoms with Crippen molar-refractivity contribution in [1.82, 2.24) is 9.80 Å². The van der Waals surface area contributed by atoms with Crippen LogP contribution in [0.1, 0.15) is 104 Å². The Balaban J connectivity index is 1.99. The predicted molar refractivity (Wildman–Crippen MR) is 147 cm³/mol. The van der Waals surface area contributed by atoms with Gasteiger partial charge in [-0.1, -0.05) is 71.3 Å². The minimum absolute atomic E-state index is 0.0598. The first-order valence-electron chi connectivity index (χ1n) is 14.6. The maximum atomic E-state index is 6.51. The van der Waals surface area contributed by atoms with Crippen LogP contribution in [0.5, 0.6) is 11.5 Å². The van der Waals surface area contributed by atoms with E-state index in [0.29, 0.717) is 0 Å². The summed E-state index contributed by atoms with van der Waals surface area (Å²) < 4.78 is 19.0. The van der Waals surface area contributed by atoms with E-state index < -0.39 is 0 Å². The Morgan fingerprint density at radius 2 is 1.14 bits per heavy atom. The Hall–Kier alpha value is -1.30. The standard InChI is InChI=1S/C30H54N2O3/c1-5-7-9-11-13-22-31(3)29-20-16-24-33-25-17-21-30(32(4)23-14-12-10-8-6-2)35-28-19-15-18-27(26-28)34-29/h15,18-19,26,29-30H,5-14,16-17,20-25H2,1-4H3. The molecular weight excluding hydrogens is 436 g/mol. The molecule has 1 aliphatic rings.